The summed E-state index contributed by atoms with van der Waals surface area (Å²) in [5.74, 6) is -3.83. The van der Waals surface area contributed by atoms with Crippen molar-refractivity contribution in [2.45, 2.75) is 54.8 Å². The van der Waals surface area contributed by atoms with Crippen LogP contribution in [0.25, 0.3) is 0 Å². The van der Waals surface area contributed by atoms with Crippen molar-refractivity contribution in [3.05, 3.63) is 0 Å². The summed E-state index contributed by atoms with van der Waals surface area (Å²) in [4.78, 5) is 0. The number of aliphatic hydroxyl groups is 2. The van der Waals surface area contributed by atoms with Crippen LogP contribution >= 0.6 is 0 Å². The van der Waals surface area contributed by atoms with Crippen molar-refractivity contribution in [3.8, 4) is 0 Å². The fraction of sp³-hybridized carbons (Fsp3) is 1.00. The first kappa shape index (κ1) is 42.2. The summed E-state index contributed by atoms with van der Waals surface area (Å²) in [6.45, 7) is -5.34. The molecule has 2 rings (SSSR count). The fourth-order valence-corrected chi connectivity index (χ4v) is 6.49. The quantitative estimate of drug-likeness (QED) is 0.0632. The van der Waals surface area contributed by atoms with Gasteiger partial charge in [-0.25, -0.2) is 25.1 Å². The minimum absolute atomic E-state index is 1.44. The van der Waals surface area contributed by atoms with Crippen molar-refractivity contribution in [1.82, 2.24) is 0 Å². The minimum atomic E-state index is -6.05. The van der Waals surface area contributed by atoms with Gasteiger partial charge >= 0.3 is 62.4 Å². The van der Waals surface area contributed by atoms with Gasteiger partial charge in [-0.05, 0) is 0 Å². The molecular formula is C12H22O29S6. The third-order valence-corrected chi connectivity index (χ3v) is 7.97. The Morgan fingerprint density at radius 3 is 1.45 bits per heavy atom. The summed E-state index contributed by atoms with van der Waals surface area (Å²) < 4.78 is 232. The Balaban J connectivity index is 2.90. The first-order valence-electron chi connectivity index (χ1n) is 11.0. The topological polar surface area (TPSA) is 450 Å². The van der Waals surface area contributed by atoms with Crippen LogP contribution in [0.3, 0.4) is 0 Å². The van der Waals surface area contributed by atoms with E-state index in [-0.39, 0.29) is 0 Å². The van der Waals surface area contributed by atoms with Gasteiger partial charge in [-0.15, -0.1) is 0 Å². The van der Waals surface area contributed by atoms with Crippen LogP contribution in [0.15, 0.2) is 0 Å². The van der Waals surface area contributed by atoms with E-state index < -0.39 is 137 Å². The average molecular weight is 823 g/mol. The van der Waals surface area contributed by atoms with Gasteiger partial charge in [0.2, 0.25) is 5.79 Å². The largest absolute Gasteiger partial charge is 0.397 e. The Bertz CT molecular complexity index is 1770. The Morgan fingerprint density at radius 1 is 0.574 bits per heavy atom. The monoisotopic (exact) mass is 822 g/mol. The molecule has 0 amide bonds. The van der Waals surface area contributed by atoms with E-state index in [9.17, 15) is 74.4 Å². The molecule has 2 heterocycles. The standard InChI is InChI=1S/C12H22O29S6/c13-1-4-6(14)8(39-45(24,25)26)9(40-46(27,28)29)11(35-4)37-12(3-34-43(18,19)20)10(41-47(30,31)32)7(38-44(21,22)23)5(36-12)2-33-42(15,16)17/h4-11,13-14H,1-3H2,(H,15,16,17)(H,18,19,20)(H,21,22,23)(H,24,25,26)(H,27,28,29)(H,30,31,32)/t4-,5-,6-,7-,8+,9-,10+,11?,12+/m1/s1. The maximum atomic E-state index is 11.7. The molecule has 0 aliphatic carbocycles. The maximum absolute atomic E-state index is 11.7. The van der Waals surface area contributed by atoms with Gasteiger partial charge in [-0.3, -0.25) is 27.3 Å². The predicted molar refractivity (Wildman–Crippen MR) is 131 cm³/mol. The summed E-state index contributed by atoms with van der Waals surface area (Å²) in [7, 11) is -35.0. The summed E-state index contributed by atoms with van der Waals surface area (Å²) in [5, 5.41) is 19.9. The molecule has 1 unspecified atom stereocenters. The molecule has 2 aliphatic heterocycles. The van der Waals surface area contributed by atoms with Crippen molar-refractivity contribution < 1.29 is 127 Å². The molecule has 9 atom stereocenters. The van der Waals surface area contributed by atoms with Gasteiger partial charge in [0.15, 0.2) is 18.5 Å². The average Bonchev–Trinajstić information content (AvgIpc) is 3.08. The Hall–Kier alpha value is -0.980. The van der Waals surface area contributed by atoms with Crippen LogP contribution in [0.4, 0.5) is 0 Å². The molecule has 0 saturated carbocycles. The normalized spacial score (nSPS) is 33.2. The molecule has 0 aromatic rings. The number of rotatable bonds is 17. The lowest BCUT2D eigenvalue weighted by atomic mass is 9.99. The molecule has 0 radical (unpaired) electrons. The summed E-state index contributed by atoms with van der Waals surface area (Å²) >= 11 is 0. The van der Waals surface area contributed by atoms with E-state index in [2.05, 4.69) is 25.1 Å². The van der Waals surface area contributed by atoms with E-state index in [4.69, 9.17) is 27.9 Å². The van der Waals surface area contributed by atoms with Crippen molar-refractivity contribution >= 4 is 62.4 Å². The third kappa shape index (κ3) is 13.7. The van der Waals surface area contributed by atoms with E-state index >= 15 is 0 Å². The highest BCUT2D eigenvalue weighted by Crippen LogP contribution is 2.42. The molecule has 0 bridgehead atoms. The lowest BCUT2D eigenvalue weighted by molar-refractivity contribution is -0.376. The molecule has 280 valence electrons. The van der Waals surface area contributed by atoms with Crippen LogP contribution in [0, 0.1) is 0 Å². The zero-order chi connectivity index (χ0) is 36.6. The van der Waals surface area contributed by atoms with Crippen molar-refractivity contribution in [1.29, 1.82) is 0 Å². The van der Waals surface area contributed by atoms with E-state index in [1.54, 1.807) is 0 Å². The minimum Gasteiger partial charge on any atom is -0.394 e. The second-order valence-corrected chi connectivity index (χ2v) is 15.0. The summed E-state index contributed by atoms with van der Waals surface area (Å²) in [6, 6.07) is 0. The molecule has 35 heteroatoms. The Kier molecular flexibility index (Phi) is 13.2. The highest BCUT2D eigenvalue weighted by molar-refractivity contribution is 7.82. The molecule has 0 aromatic heterocycles. The molecule has 8 N–H and O–H groups in total. The molecule has 0 aromatic carbocycles. The molecular weight excluding hydrogens is 801 g/mol. The fourth-order valence-electron chi connectivity index (χ4n) is 3.86. The molecule has 2 saturated heterocycles. The lowest BCUT2D eigenvalue weighted by Crippen LogP contribution is -2.65. The number of hydrogen-bond donors (Lipinski definition) is 8. The van der Waals surface area contributed by atoms with Crippen molar-refractivity contribution in [2.24, 2.45) is 0 Å². The van der Waals surface area contributed by atoms with Gasteiger partial charge in [-0.1, -0.05) is 0 Å². The zero-order valence-electron chi connectivity index (χ0n) is 21.8. The highest BCUT2D eigenvalue weighted by atomic mass is 32.3. The van der Waals surface area contributed by atoms with Gasteiger partial charge in [-0.2, -0.15) is 50.5 Å². The molecule has 29 nitrogen and oxygen atoms in total. The van der Waals surface area contributed by atoms with Crippen molar-refractivity contribution in [2.75, 3.05) is 19.8 Å². The second-order valence-electron chi connectivity index (χ2n) is 8.61. The lowest BCUT2D eigenvalue weighted by Gasteiger charge is -2.45. The molecule has 2 fully saturated rings. The maximum Gasteiger partial charge on any atom is 0.397 e. The van der Waals surface area contributed by atoms with E-state index in [0.29, 0.717) is 0 Å². The smallest absolute Gasteiger partial charge is 0.394 e. The Morgan fingerprint density at radius 2 is 1.02 bits per heavy atom. The van der Waals surface area contributed by atoms with Crippen LogP contribution in [-0.4, -0.2) is 163 Å². The predicted octanol–water partition coefficient (Wildman–Crippen LogP) is -6.43. The van der Waals surface area contributed by atoms with Crippen LogP contribution in [0.2, 0.25) is 0 Å². The van der Waals surface area contributed by atoms with Gasteiger partial charge < -0.3 is 24.4 Å². The van der Waals surface area contributed by atoms with Crippen molar-refractivity contribution in [3.63, 3.8) is 0 Å². The highest BCUT2D eigenvalue weighted by Gasteiger charge is 2.65. The molecule has 0 spiro atoms. The SMILES string of the molecule is O=S(=O)(O)OC[C@H]1O[C@@](COS(=O)(=O)O)(OC2O[C@H](CO)[C@@H](O)[C@H](OS(=O)(=O)O)[C@H]2OS(=O)(=O)O)[C@@H](OS(=O)(=O)O)[C@@H]1OS(=O)(=O)O. The van der Waals surface area contributed by atoms with Gasteiger partial charge in [0, 0.05) is 0 Å². The van der Waals surface area contributed by atoms with Crippen LogP contribution < -0.4 is 0 Å². The molecule has 2 aliphatic rings. The van der Waals surface area contributed by atoms with E-state index in [0.717, 1.165) is 0 Å². The summed E-state index contributed by atoms with van der Waals surface area (Å²) in [5.41, 5.74) is 0. The van der Waals surface area contributed by atoms with Crippen LogP contribution in [0.1, 0.15) is 0 Å². The van der Waals surface area contributed by atoms with Crippen LogP contribution in [-0.2, 0) is 102 Å². The number of aliphatic hydroxyl groups excluding tert-OH is 2. The summed E-state index contributed by atoms with van der Waals surface area (Å²) in [6.07, 6.45) is -22.7. The van der Waals surface area contributed by atoms with E-state index in [1.807, 2.05) is 0 Å². The first-order chi connectivity index (χ1) is 20.8. The number of hydrogen-bond acceptors (Lipinski definition) is 23. The second kappa shape index (κ2) is 14.7. The van der Waals surface area contributed by atoms with Gasteiger partial charge in [0.1, 0.15) is 37.1 Å². The van der Waals surface area contributed by atoms with Crippen LogP contribution in [0.5, 0.6) is 0 Å². The third-order valence-electron chi connectivity index (χ3n) is 5.28. The number of ether oxygens (including phenoxy) is 3. The van der Waals surface area contributed by atoms with E-state index in [1.165, 1.54) is 0 Å². The van der Waals surface area contributed by atoms with Gasteiger partial charge in [0.25, 0.3) is 0 Å². The zero-order valence-corrected chi connectivity index (χ0v) is 26.7. The van der Waals surface area contributed by atoms with Gasteiger partial charge in [0.05, 0.1) is 13.2 Å². The molecule has 47 heavy (non-hydrogen) atoms. The first-order valence-corrected chi connectivity index (χ1v) is 19.2. The Labute approximate surface area is 263 Å².